The molecule has 0 spiro atoms. The Labute approximate surface area is 110 Å². The van der Waals surface area contributed by atoms with Gasteiger partial charge in [0.1, 0.15) is 0 Å². The number of carbonyl (C=O) groups is 1. The molecule has 3 heteroatoms. The Morgan fingerprint density at radius 3 is 2.44 bits per heavy atom. The van der Waals surface area contributed by atoms with Gasteiger partial charge in [-0.05, 0) is 30.9 Å². The van der Waals surface area contributed by atoms with Crippen molar-refractivity contribution in [2.75, 3.05) is 12.8 Å². The smallest absolute Gasteiger partial charge is 0.222 e. The predicted molar refractivity (Wildman–Crippen MR) is 76.3 cm³/mol. The average Bonchev–Trinajstić information content (AvgIpc) is 2.38. The summed E-state index contributed by atoms with van der Waals surface area (Å²) < 4.78 is 0. The number of benzene rings is 1. The zero-order chi connectivity index (χ0) is 13.5. The first kappa shape index (κ1) is 14.6. The predicted octanol–water partition coefficient (Wildman–Crippen LogP) is 2.85. The minimum atomic E-state index is 0.201. The fourth-order valence-corrected chi connectivity index (χ4v) is 2.22. The number of nitrogen functional groups attached to an aromatic ring is 1. The lowest BCUT2D eigenvalue weighted by molar-refractivity contribution is -0.132. The van der Waals surface area contributed by atoms with E-state index in [0.717, 1.165) is 30.5 Å². The van der Waals surface area contributed by atoms with Crippen molar-refractivity contribution in [3.05, 3.63) is 29.8 Å². The Hall–Kier alpha value is -1.51. The molecule has 0 unspecified atom stereocenters. The van der Waals surface area contributed by atoms with Crippen LogP contribution in [0.25, 0.3) is 0 Å². The Morgan fingerprint density at radius 1 is 1.28 bits per heavy atom. The SMILES string of the molecule is CCC(CC)N(C)C(=O)CCc1ccccc1N. The number of aryl methyl sites for hydroxylation is 1. The first-order valence-electron chi connectivity index (χ1n) is 6.69. The highest BCUT2D eigenvalue weighted by atomic mass is 16.2. The molecule has 3 nitrogen and oxygen atoms in total. The molecule has 0 saturated carbocycles. The topological polar surface area (TPSA) is 46.3 Å². The molecule has 1 rings (SSSR count). The third-order valence-electron chi connectivity index (χ3n) is 3.55. The molecule has 2 N–H and O–H groups in total. The van der Waals surface area contributed by atoms with E-state index in [1.165, 1.54) is 0 Å². The van der Waals surface area contributed by atoms with Crippen LogP contribution < -0.4 is 5.73 Å². The van der Waals surface area contributed by atoms with Crippen LogP contribution >= 0.6 is 0 Å². The summed E-state index contributed by atoms with van der Waals surface area (Å²) in [4.78, 5) is 13.9. The molecule has 0 aromatic heterocycles. The zero-order valence-electron chi connectivity index (χ0n) is 11.6. The second kappa shape index (κ2) is 7.04. The number of carbonyl (C=O) groups excluding carboxylic acids is 1. The van der Waals surface area contributed by atoms with Crippen molar-refractivity contribution >= 4 is 11.6 Å². The monoisotopic (exact) mass is 248 g/mol. The Bertz CT molecular complexity index is 386. The fourth-order valence-electron chi connectivity index (χ4n) is 2.22. The molecule has 0 aliphatic rings. The maximum absolute atomic E-state index is 12.1. The summed E-state index contributed by atoms with van der Waals surface area (Å²) in [5.74, 6) is 0.201. The molecule has 0 aliphatic carbocycles. The maximum Gasteiger partial charge on any atom is 0.222 e. The molecule has 0 heterocycles. The molecular weight excluding hydrogens is 224 g/mol. The van der Waals surface area contributed by atoms with Crippen molar-refractivity contribution in [1.29, 1.82) is 0 Å². The van der Waals surface area contributed by atoms with E-state index < -0.39 is 0 Å². The van der Waals surface area contributed by atoms with Gasteiger partial charge in [-0.2, -0.15) is 0 Å². The van der Waals surface area contributed by atoms with Gasteiger partial charge in [0, 0.05) is 25.2 Å². The number of rotatable bonds is 6. The molecule has 0 radical (unpaired) electrons. The van der Waals surface area contributed by atoms with Gasteiger partial charge in [0.15, 0.2) is 0 Å². The summed E-state index contributed by atoms with van der Waals surface area (Å²) in [5.41, 5.74) is 7.70. The number of nitrogens with two attached hydrogens (primary N) is 1. The lowest BCUT2D eigenvalue weighted by atomic mass is 10.1. The number of para-hydroxylation sites is 1. The van der Waals surface area contributed by atoms with E-state index in [2.05, 4.69) is 13.8 Å². The highest BCUT2D eigenvalue weighted by molar-refractivity contribution is 5.76. The normalized spacial score (nSPS) is 10.7. The first-order chi connectivity index (χ1) is 8.60. The zero-order valence-corrected chi connectivity index (χ0v) is 11.6. The number of hydrogen-bond donors (Lipinski definition) is 1. The maximum atomic E-state index is 12.1. The van der Waals surface area contributed by atoms with Crippen molar-refractivity contribution in [3.8, 4) is 0 Å². The lowest BCUT2D eigenvalue weighted by Crippen LogP contribution is -2.36. The molecule has 0 fully saturated rings. The number of nitrogens with zero attached hydrogens (tertiary/aromatic N) is 1. The summed E-state index contributed by atoms with van der Waals surface area (Å²) in [7, 11) is 1.90. The van der Waals surface area contributed by atoms with Crippen molar-refractivity contribution < 1.29 is 4.79 Å². The Morgan fingerprint density at radius 2 is 1.89 bits per heavy atom. The van der Waals surface area contributed by atoms with E-state index in [1.54, 1.807) is 0 Å². The van der Waals surface area contributed by atoms with Crippen molar-refractivity contribution in [2.24, 2.45) is 0 Å². The summed E-state index contributed by atoms with van der Waals surface area (Å²) in [6.07, 6.45) is 3.26. The largest absolute Gasteiger partial charge is 0.399 e. The van der Waals surface area contributed by atoms with Crippen LogP contribution in [0.5, 0.6) is 0 Å². The minimum absolute atomic E-state index is 0.201. The van der Waals surface area contributed by atoms with Gasteiger partial charge in [0.2, 0.25) is 5.91 Å². The molecule has 0 bridgehead atoms. The second-order valence-corrected chi connectivity index (χ2v) is 4.67. The second-order valence-electron chi connectivity index (χ2n) is 4.67. The van der Waals surface area contributed by atoms with E-state index in [9.17, 15) is 4.79 Å². The average molecular weight is 248 g/mol. The molecule has 18 heavy (non-hydrogen) atoms. The van der Waals surface area contributed by atoms with E-state index in [1.807, 2.05) is 36.2 Å². The Kier molecular flexibility index (Phi) is 5.69. The van der Waals surface area contributed by atoms with E-state index in [0.29, 0.717) is 12.5 Å². The first-order valence-corrected chi connectivity index (χ1v) is 6.69. The molecule has 1 aromatic carbocycles. The molecule has 0 saturated heterocycles. The number of hydrogen-bond acceptors (Lipinski definition) is 2. The fraction of sp³-hybridized carbons (Fsp3) is 0.533. The highest BCUT2D eigenvalue weighted by Crippen LogP contribution is 2.14. The number of amides is 1. The quantitative estimate of drug-likeness (QED) is 0.787. The summed E-state index contributed by atoms with van der Waals surface area (Å²) in [5, 5.41) is 0. The van der Waals surface area contributed by atoms with Gasteiger partial charge in [0.25, 0.3) is 0 Å². The van der Waals surface area contributed by atoms with Crippen LogP contribution in [0.3, 0.4) is 0 Å². The number of anilines is 1. The molecule has 0 aliphatic heterocycles. The summed E-state index contributed by atoms with van der Waals surface area (Å²) >= 11 is 0. The highest BCUT2D eigenvalue weighted by Gasteiger charge is 2.16. The van der Waals surface area contributed by atoms with Crippen LogP contribution in [0, 0.1) is 0 Å². The third-order valence-corrected chi connectivity index (χ3v) is 3.55. The minimum Gasteiger partial charge on any atom is -0.399 e. The standard InChI is InChI=1S/C15H24N2O/c1-4-13(5-2)17(3)15(18)11-10-12-8-6-7-9-14(12)16/h6-9,13H,4-5,10-11,16H2,1-3H3. The molecule has 0 atom stereocenters. The summed E-state index contributed by atoms with van der Waals surface area (Å²) in [6, 6.07) is 8.09. The van der Waals surface area contributed by atoms with Crippen LogP contribution in [0.1, 0.15) is 38.7 Å². The molecule has 1 aromatic rings. The van der Waals surface area contributed by atoms with Gasteiger partial charge in [-0.25, -0.2) is 0 Å². The van der Waals surface area contributed by atoms with Gasteiger partial charge in [-0.1, -0.05) is 32.0 Å². The lowest BCUT2D eigenvalue weighted by Gasteiger charge is -2.26. The Balaban J connectivity index is 2.53. The van der Waals surface area contributed by atoms with Gasteiger partial charge in [-0.15, -0.1) is 0 Å². The third kappa shape index (κ3) is 3.76. The van der Waals surface area contributed by atoms with Gasteiger partial charge in [-0.3, -0.25) is 4.79 Å². The molecule has 1 amide bonds. The van der Waals surface area contributed by atoms with Gasteiger partial charge >= 0.3 is 0 Å². The van der Waals surface area contributed by atoms with Crippen molar-refractivity contribution in [3.63, 3.8) is 0 Å². The van der Waals surface area contributed by atoms with Crippen LogP contribution in [-0.2, 0) is 11.2 Å². The van der Waals surface area contributed by atoms with Crippen LogP contribution in [-0.4, -0.2) is 23.9 Å². The summed E-state index contributed by atoms with van der Waals surface area (Å²) in [6.45, 7) is 4.24. The van der Waals surface area contributed by atoms with Crippen LogP contribution in [0.4, 0.5) is 5.69 Å². The van der Waals surface area contributed by atoms with Crippen molar-refractivity contribution in [2.45, 2.75) is 45.6 Å². The van der Waals surface area contributed by atoms with Crippen molar-refractivity contribution in [1.82, 2.24) is 4.90 Å². The molecular formula is C15H24N2O. The molecule has 100 valence electrons. The van der Waals surface area contributed by atoms with E-state index in [-0.39, 0.29) is 5.91 Å². The van der Waals surface area contributed by atoms with Gasteiger partial charge in [0.05, 0.1) is 0 Å². The van der Waals surface area contributed by atoms with Gasteiger partial charge < -0.3 is 10.6 Å². The van der Waals surface area contributed by atoms with Crippen LogP contribution in [0.15, 0.2) is 24.3 Å². The van der Waals surface area contributed by atoms with E-state index in [4.69, 9.17) is 5.73 Å². The van der Waals surface area contributed by atoms with Crippen LogP contribution in [0.2, 0.25) is 0 Å². The van der Waals surface area contributed by atoms with E-state index >= 15 is 0 Å².